The molecule has 0 aromatic rings. The molecule has 1 rings (SSSR count). The maximum Gasteiger partial charge on any atom is 0.0121 e. The standard InChI is InChI=1S/C13H27N/c1-10(2)13-7-6-12(5)8-9-14(13)11(3)4/h10-13H,6-9H2,1-5H3. The van der Waals surface area contributed by atoms with Crippen LogP contribution in [0.2, 0.25) is 0 Å². The van der Waals surface area contributed by atoms with Crippen LogP contribution in [0.5, 0.6) is 0 Å². The van der Waals surface area contributed by atoms with E-state index in [1.54, 1.807) is 0 Å². The second-order valence-corrected chi connectivity index (χ2v) is 5.61. The molecule has 1 aliphatic rings. The van der Waals surface area contributed by atoms with Crippen molar-refractivity contribution in [2.24, 2.45) is 11.8 Å². The zero-order valence-corrected chi connectivity index (χ0v) is 10.6. The van der Waals surface area contributed by atoms with Crippen LogP contribution in [0.15, 0.2) is 0 Å². The lowest BCUT2D eigenvalue weighted by Gasteiger charge is -2.36. The summed E-state index contributed by atoms with van der Waals surface area (Å²) in [6.07, 6.45) is 4.21. The van der Waals surface area contributed by atoms with Crippen LogP contribution in [0.1, 0.15) is 53.9 Å². The first-order valence-electron chi connectivity index (χ1n) is 6.28. The molecule has 0 aromatic heterocycles. The number of hydrogen-bond acceptors (Lipinski definition) is 1. The second-order valence-electron chi connectivity index (χ2n) is 5.61. The Morgan fingerprint density at radius 3 is 2.14 bits per heavy atom. The first-order chi connectivity index (χ1) is 6.52. The molecule has 0 saturated carbocycles. The van der Waals surface area contributed by atoms with E-state index in [0.717, 1.165) is 17.9 Å². The third-order valence-electron chi connectivity index (χ3n) is 3.69. The van der Waals surface area contributed by atoms with E-state index in [1.165, 1.54) is 25.8 Å². The maximum atomic E-state index is 2.72. The minimum Gasteiger partial charge on any atom is -0.298 e. The van der Waals surface area contributed by atoms with E-state index in [-0.39, 0.29) is 0 Å². The van der Waals surface area contributed by atoms with E-state index < -0.39 is 0 Å². The molecule has 2 atom stereocenters. The van der Waals surface area contributed by atoms with Crippen molar-refractivity contribution in [3.8, 4) is 0 Å². The Kier molecular flexibility index (Phi) is 4.43. The predicted octanol–water partition coefficient (Wildman–Crippen LogP) is 3.54. The van der Waals surface area contributed by atoms with Gasteiger partial charge in [0.25, 0.3) is 0 Å². The van der Waals surface area contributed by atoms with Crippen molar-refractivity contribution in [3.63, 3.8) is 0 Å². The van der Waals surface area contributed by atoms with Crippen LogP contribution in [-0.4, -0.2) is 23.5 Å². The lowest BCUT2D eigenvalue weighted by Crippen LogP contribution is -2.42. The minimum atomic E-state index is 0.715. The van der Waals surface area contributed by atoms with Crippen molar-refractivity contribution >= 4 is 0 Å². The molecule has 0 amide bonds. The highest BCUT2D eigenvalue weighted by Gasteiger charge is 2.27. The zero-order chi connectivity index (χ0) is 10.7. The molecule has 0 N–H and O–H groups in total. The summed E-state index contributed by atoms with van der Waals surface area (Å²) >= 11 is 0. The van der Waals surface area contributed by atoms with Crippen LogP contribution in [-0.2, 0) is 0 Å². The summed E-state index contributed by atoms with van der Waals surface area (Å²) in [6.45, 7) is 13.1. The molecular weight excluding hydrogens is 170 g/mol. The zero-order valence-electron chi connectivity index (χ0n) is 10.6. The van der Waals surface area contributed by atoms with E-state index in [1.807, 2.05) is 0 Å². The third-order valence-corrected chi connectivity index (χ3v) is 3.69. The number of nitrogens with zero attached hydrogens (tertiary/aromatic N) is 1. The molecule has 1 nitrogen and oxygen atoms in total. The molecule has 0 bridgehead atoms. The minimum absolute atomic E-state index is 0.715. The van der Waals surface area contributed by atoms with Gasteiger partial charge in [0.15, 0.2) is 0 Å². The molecule has 0 radical (unpaired) electrons. The van der Waals surface area contributed by atoms with Gasteiger partial charge in [0.2, 0.25) is 0 Å². The molecule has 0 aliphatic carbocycles. The SMILES string of the molecule is CC1CCC(C(C)C)N(C(C)C)CC1. The topological polar surface area (TPSA) is 3.24 Å². The molecule has 0 aromatic carbocycles. The van der Waals surface area contributed by atoms with Gasteiger partial charge in [-0.25, -0.2) is 0 Å². The predicted molar refractivity (Wildman–Crippen MR) is 63.5 cm³/mol. The Morgan fingerprint density at radius 1 is 1.00 bits per heavy atom. The van der Waals surface area contributed by atoms with Crippen LogP contribution in [0.25, 0.3) is 0 Å². The first-order valence-corrected chi connectivity index (χ1v) is 6.28. The summed E-state index contributed by atoms with van der Waals surface area (Å²) in [7, 11) is 0. The fourth-order valence-electron chi connectivity index (χ4n) is 2.66. The van der Waals surface area contributed by atoms with Crippen molar-refractivity contribution in [1.29, 1.82) is 0 Å². The van der Waals surface area contributed by atoms with Crippen LogP contribution in [0, 0.1) is 11.8 Å². The fraction of sp³-hybridized carbons (Fsp3) is 1.00. The lowest BCUT2D eigenvalue weighted by atomic mass is 9.95. The lowest BCUT2D eigenvalue weighted by molar-refractivity contribution is 0.121. The normalized spacial score (nSPS) is 31.1. The molecule has 1 saturated heterocycles. The average Bonchev–Trinajstić information content (AvgIpc) is 2.26. The van der Waals surface area contributed by atoms with Gasteiger partial charge in [0, 0.05) is 12.1 Å². The van der Waals surface area contributed by atoms with E-state index in [9.17, 15) is 0 Å². The molecule has 1 fully saturated rings. The Labute approximate surface area is 89.9 Å². The van der Waals surface area contributed by atoms with Crippen molar-refractivity contribution < 1.29 is 0 Å². The Morgan fingerprint density at radius 2 is 1.64 bits per heavy atom. The number of likely N-dealkylation sites (tertiary alicyclic amines) is 1. The summed E-state index contributed by atoms with van der Waals surface area (Å²) in [5.74, 6) is 1.74. The quantitative estimate of drug-likeness (QED) is 0.654. The van der Waals surface area contributed by atoms with Crippen molar-refractivity contribution in [2.45, 2.75) is 66.0 Å². The molecule has 0 spiro atoms. The Balaban J connectivity index is 2.66. The van der Waals surface area contributed by atoms with Gasteiger partial charge in [-0.3, -0.25) is 4.90 Å². The van der Waals surface area contributed by atoms with Crippen molar-refractivity contribution in [3.05, 3.63) is 0 Å². The highest BCUT2D eigenvalue weighted by Crippen LogP contribution is 2.27. The van der Waals surface area contributed by atoms with Crippen molar-refractivity contribution in [1.82, 2.24) is 4.90 Å². The van der Waals surface area contributed by atoms with Crippen LogP contribution in [0.3, 0.4) is 0 Å². The van der Waals surface area contributed by atoms with Gasteiger partial charge in [-0.1, -0.05) is 20.8 Å². The van der Waals surface area contributed by atoms with E-state index in [4.69, 9.17) is 0 Å². The highest BCUT2D eigenvalue weighted by atomic mass is 15.2. The monoisotopic (exact) mass is 197 g/mol. The van der Waals surface area contributed by atoms with Gasteiger partial charge in [0.1, 0.15) is 0 Å². The fourth-order valence-corrected chi connectivity index (χ4v) is 2.66. The summed E-state index contributed by atoms with van der Waals surface area (Å²) in [5, 5.41) is 0. The summed E-state index contributed by atoms with van der Waals surface area (Å²) < 4.78 is 0. The Bertz CT molecular complexity index is 145. The van der Waals surface area contributed by atoms with E-state index in [2.05, 4.69) is 39.5 Å². The van der Waals surface area contributed by atoms with E-state index in [0.29, 0.717) is 6.04 Å². The van der Waals surface area contributed by atoms with Gasteiger partial charge in [-0.15, -0.1) is 0 Å². The largest absolute Gasteiger partial charge is 0.298 e. The van der Waals surface area contributed by atoms with Gasteiger partial charge in [-0.05, 0) is 51.5 Å². The van der Waals surface area contributed by atoms with Crippen LogP contribution < -0.4 is 0 Å². The summed E-state index contributed by atoms with van der Waals surface area (Å²) in [5.41, 5.74) is 0. The van der Waals surface area contributed by atoms with Gasteiger partial charge in [0.05, 0.1) is 0 Å². The number of hydrogen-bond donors (Lipinski definition) is 0. The summed E-state index contributed by atoms with van der Waals surface area (Å²) in [4.78, 5) is 2.72. The summed E-state index contributed by atoms with van der Waals surface area (Å²) in [6, 6.07) is 1.53. The maximum absolute atomic E-state index is 2.72. The van der Waals surface area contributed by atoms with E-state index >= 15 is 0 Å². The van der Waals surface area contributed by atoms with Gasteiger partial charge in [-0.2, -0.15) is 0 Å². The smallest absolute Gasteiger partial charge is 0.0121 e. The molecule has 1 heteroatoms. The van der Waals surface area contributed by atoms with Crippen molar-refractivity contribution in [2.75, 3.05) is 6.54 Å². The van der Waals surface area contributed by atoms with Crippen LogP contribution >= 0.6 is 0 Å². The third kappa shape index (κ3) is 2.98. The average molecular weight is 197 g/mol. The first kappa shape index (κ1) is 12.0. The molecule has 14 heavy (non-hydrogen) atoms. The molecule has 2 unspecified atom stereocenters. The van der Waals surface area contributed by atoms with Gasteiger partial charge >= 0.3 is 0 Å². The second kappa shape index (κ2) is 5.16. The molecular formula is C13H27N. The molecule has 1 aliphatic heterocycles. The Hall–Kier alpha value is -0.0400. The molecule has 84 valence electrons. The highest BCUT2D eigenvalue weighted by molar-refractivity contribution is 4.81. The van der Waals surface area contributed by atoms with Crippen LogP contribution in [0.4, 0.5) is 0 Å². The number of rotatable bonds is 2. The molecule has 1 heterocycles. The van der Waals surface area contributed by atoms with Gasteiger partial charge < -0.3 is 0 Å².